The average molecular weight is 596 g/mol. The van der Waals surface area contributed by atoms with Crippen molar-refractivity contribution < 1.29 is 47.8 Å². The smallest absolute Gasteiger partial charge is 0.303 e. The molecule has 0 bridgehead atoms. The lowest BCUT2D eigenvalue weighted by molar-refractivity contribution is -0.278. The summed E-state index contributed by atoms with van der Waals surface area (Å²) in [6.07, 6.45) is -5.26. The molecule has 2 aromatic rings. The molecule has 0 aliphatic carbocycles. The highest BCUT2D eigenvalue weighted by molar-refractivity contribution is 6.54. The zero-order valence-corrected chi connectivity index (χ0v) is 24.4. The predicted molar refractivity (Wildman–Crippen MR) is 150 cm³/mol. The van der Waals surface area contributed by atoms with Gasteiger partial charge < -0.3 is 34.0 Å². The van der Waals surface area contributed by atoms with Crippen molar-refractivity contribution in [2.75, 3.05) is 11.5 Å². The Morgan fingerprint density at radius 1 is 0.930 bits per heavy atom. The van der Waals surface area contributed by atoms with E-state index in [1.165, 1.54) is 13.8 Å². The predicted octanol–water partition coefficient (Wildman–Crippen LogP) is 1.92. The van der Waals surface area contributed by atoms with Gasteiger partial charge in [-0.15, -0.1) is 0 Å². The van der Waals surface area contributed by atoms with Crippen LogP contribution in [0.2, 0.25) is 0 Å². The molecule has 0 aromatic heterocycles. The minimum atomic E-state index is -1.46. The van der Waals surface area contributed by atoms with Gasteiger partial charge in [0.25, 0.3) is 12.2 Å². The van der Waals surface area contributed by atoms with Crippen molar-refractivity contribution in [2.24, 2.45) is 5.16 Å². The second-order valence-electron chi connectivity index (χ2n) is 10.2. The molecule has 4 rings (SSSR count). The van der Waals surface area contributed by atoms with Crippen LogP contribution in [0.25, 0.3) is 0 Å². The van der Waals surface area contributed by atoms with Gasteiger partial charge in [-0.1, -0.05) is 47.1 Å². The van der Waals surface area contributed by atoms with Crippen molar-refractivity contribution in [2.45, 2.75) is 71.8 Å². The topological polar surface area (TPSA) is 159 Å². The van der Waals surface area contributed by atoms with Crippen molar-refractivity contribution in [1.82, 2.24) is 5.32 Å². The number of anilines is 1. The molecule has 2 heterocycles. The fourth-order valence-electron chi connectivity index (χ4n) is 4.92. The number of ether oxygens (including phenoxy) is 4. The maximum Gasteiger partial charge on any atom is 0.303 e. The second kappa shape index (κ2) is 13.5. The number of esters is 3. The van der Waals surface area contributed by atoms with Gasteiger partial charge in [-0.3, -0.25) is 24.0 Å². The van der Waals surface area contributed by atoms with E-state index in [4.69, 9.17) is 23.8 Å². The van der Waals surface area contributed by atoms with E-state index in [1.807, 2.05) is 49.4 Å². The normalized spacial score (nSPS) is 23.7. The first kappa shape index (κ1) is 31.2. The van der Waals surface area contributed by atoms with Crippen LogP contribution in [0, 0.1) is 6.92 Å². The zero-order valence-electron chi connectivity index (χ0n) is 24.4. The molecule has 228 valence electrons. The Morgan fingerprint density at radius 2 is 1.60 bits per heavy atom. The van der Waals surface area contributed by atoms with Gasteiger partial charge in [0.15, 0.2) is 17.9 Å². The highest BCUT2D eigenvalue weighted by Gasteiger charge is 2.52. The SMILES string of the molecule is CC(=O)N[C@@H]1[C@H](ON=C2C(=O)N(Cc3ccccc3)c3ccc(C)cc32)O[C@H](COC(C)=O)[C@H](OC(C)=O)[C@H]1OC(C)=O. The van der Waals surface area contributed by atoms with Crippen LogP contribution in [0.15, 0.2) is 53.7 Å². The van der Waals surface area contributed by atoms with Crippen LogP contribution < -0.4 is 10.2 Å². The van der Waals surface area contributed by atoms with Crippen LogP contribution in [0.1, 0.15) is 44.4 Å². The molecule has 2 amide bonds. The minimum absolute atomic E-state index is 0.0116. The first-order valence-electron chi connectivity index (χ1n) is 13.6. The molecule has 43 heavy (non-hydrogen) atoms. The van der Waals surface area contributed by atoms with Gasteiger partial charge in [-0.05, 0) is 24.6 Å². The Bertz CT molecular complexity index is 1430. The standard InChI is InChI=1S/C30H33N3O10/c1-16-11-12-23-22(13-16)25(29(38)33(23)14-21-9-7-6-8-10-21)32-43-30-26(31-17(2)34)28(41-20(5)37)27(40-19(4)36)24(42-30)15-39-18(3)35/h6-13,24,26-28,30H,14-15H2,1-5H3,(H,31,34)/t24-,26+,27+,28+,30+/m1/s1. The lowest BCUT2D eigenvalue weighted by atomic mass is 9.96. The summed E-state index contributed by atoms with van der Waals surface area (Å²) in [7, 11) is 0. The van der Waals surface area contributed by atoms with Crippen LogP contribution in [-0.2, 0) is 54.3 Å². The van der Waals surface area contributed by atoms with E-state index in [9.17, 15) is 24.0 Å². The first-order chi connectivity index (χ1) is 20.4. The summed E-state index contributed by atoms with van der Waals surface area (Å²) < 4.78 is 22.0. The van der Waals surface area contributed by atoms with Gasteiger partial charge in [-0.25, -0.2) is 0 Å². The number of aryl methyl sites for hydroxylation is 1. The Hall–Kier alpha value is -4.78. The van der Waals surface area contributed by atoms with Crippen molar-refractivity contribution in [3.63, 3.8) is 0 Å². The van der Waals surface area contributed by atoms with E-state index < -0.39 is 67.0 Å². The third-order valence-corrected chi connectivity index (χ3v) is 6.65. The fraction of sp³-hybridized carbons (Fsp3) is 0.400. The van der Waals surface area contributed by atoms with E-state index in [0.717, 1.165) is 25.0 Å². The van der Waals surface area contributed by atoms with Crippen LogP contribution in [0.3, 0.4) is 0 Å². The van der Waals surface area contributed by atoms with E-state index >= 15 is 0 Å². The summed E-state index contributed by atoms with van der Waals surface area (Å²) in [5, 5.41) is 6.78. The molecule has 2 aliphatic heterocycles. The molecule has 1 saturated heterocycles. The number of carbonyl (C=O) groups is 5. The van der Waals surface area contributed by atoms with Gasteiger partial charge in [0.1, 0.15) is 18.8 Å². The van der Waals surface area contributed by atoms with E-state index in [-0.39, 0.29) is 12.3 Å². The number of nitrogens with zero attached hydrogens (tertiary/aromatic N) is 2. The number of nitrogens with one attached hydrogen (secondary N) is 1. The molecule has 2 aliphatic rings. The highest BCUT2D eigenvalue weighted by Crippen LogP contribution is 2.33. The number of hydrogen-bond donors (Lipinski definition) is 1. The van der Waals surface area contributed by atoms with Gasteiger partial charge >= 0.3 is 17.9 Å². The average Bonchev–Trinajstić information content (AvgIpc) is 3.18. The molecular weight excluding hydrogens is 562 g/mol. The Kier molecular flexibility index (Phi) is 9.76. The number of rotatable bonds is 9. The summed E-state index contributed by atoms with van der Waals surface area (Å²) in [6.45, 7) is 6.44. The molecule has 0 saturated carbocycles. The molecule has 5 atom stereocenters. The van der Waals surface area contributed by atoms with Crippen LogP contribution in [0.4, 0.5) is 5.69 Å². The summed E-state index contributed by atoms with van der Waals surface area (Å²) in [5.41, 5.74) is 2.93. The maximum absolute atomic E-state index is 13.7. The highest BCUT2D eigenvalue weighted by atomic mass is 16.8. The summed E-state index contributed by atoms with van der Waals surface area (Å²) in [5.74, 6) is -3.09. The molecule has 1 fully saturated rings. The number of amides is 2. The maximum atomic E-state index is 13.7. The Morgan fingerprint density at radius 3 is 2.23 bits per heavy atom. The number of carbonyl (C=O) groups excluding carboxylic acids is 5. The van der Waals surface area contributed by atoms with Gasteiger partial charge in [0.05, 0.1) is 12.2 Å². The van der Waals surface area contributed by atoms with Gasteiger partial charge in [0.2, 0.25) is 5.91 Å². The number of benzene rings is 2. The quantitative estimate of drug-likeness (QED) is 0.258. The molecule has 13 heteroatoms. The molecule has 1 N–H and O–H groups in total. The third kappa shape index (κ3) is 7.55. The number of fused-ring (bicyclic) bond motifs is 1. The second-order valence-corrected chi connectivity index (χ2v) is 10.2. The largest absolute Gasteiger partial charge is 0.463 e. The van der Waals surface area contributed by atoms with Crippen molar-refractivity contribution in [3.8, 4) is 0 Å². The van der Waals surface area contributed by atoms with Crippen LogP contribution >= 0.6 is 0 Å². The molecule has 13 nitrogen and oxygen atoms in total. The Labute approximate surface area is 248 Å². The van der Waals surface area contributed by atoms with Crippen LogP contribution in [0.5, 0.6) is 0 Å². The van der Waals surface area contributed by atoms with E-state index in [2.05, 4.69) is 10.5 Å². The zero-order chi connectivity index (χ0) is 31.3. The molecular formula is C30H33N3O10. The lowest BCUT2D eigenvalue weighted by Gasteiger charge is -2.43. The number of oxime groups is 1. The van der Waals surface area contributed by atoms with Crippen LogP contribution in [-0.4, -0.2) is 72.7 Å². The van der Waals surface area contributed by atoms with Crippen molar-refractivity contribution in [3.05, 3.63) is 65.2 Å². The summed E-state index contributed by atoms with van der Waals surface area (Å²) in [4.78, 5) is 68.9. The molecule has 0 radical (unpaired) electrons. The monoisotopic (exact) mass is 595 g/mol. The van der Waals surface area contributed by atoms with Crippen molar-refractivity contribution >= 4 is 41.1 Å². The van der Waals surface area contributed by atoms with E-state index in [0.29, 0.717) is 11.3 Å². The van der Waals surface area contributed by atoms with Gasteiger partial charge in [-0.2, -0.15) is 0 Å². The molecule has 0 unspecified atom stereocenters. The summed E-state index contributed by atoms with van der Waals surface area (Å²) in [6, 6.07) is 13.7. The Balaban J connectivity index is 1.71. The van der Waals surface area contributed by atoms with Gasteiger partial charge in [0, 0.05) is 33.3 Å². The first-order valence-corrected chi connectivity index (χ1v) is 13.6. The minimum Gasteiger partial charge on any atom is -0.463 e. The lowest BCUT2D eigenvalue weighted by Crippen LogP contribution is -2.66. The molecule has 0 spiro atoms. The fourth-order valence-corrected chi connectivity index (χ4v) is 4.92. The third-order valence-electron chi connectivity index (χ3n) is 6.65. The summed E-state index contributed by atoms with van der Waals surface area (Å²) >= 11 is 0. The number of hydrogen-bond acceptors (Lipinski definition) is 11. The van der Waals surface area contributed by atoms with Crippen molar-refractivity contribution in [1.29, 1.82) is 0 Å². The van der Waals surface area contributed by atoms with E-state index in [1.54, 1.807) is 11.0 Å². The molecule has 2 aromatic carbocycles.